The zero-order valence-electron chi connectivity index (χ0n) is 10.9. The number of aromatic nitrogens is 2. The molecule has 2 aromatic rings. The molecule has 0 bridgehead atoms. The lowest BCUT2D eigenvalue weighted by molar-refractivity contribution is 0.455. The number of nitrogens with zero attached hydrogens (tertiary/aromatic N) is 3. The van der Waals surface area contributed by atoms with Gasteiger partial charge in [-0.2, -0.15) is 0 Å². The number of ether oxygens (including phenoxy) is 1. The van der Waals surface area contributed by atoms with Crippen LogP contribution in [0.4, 0.5) is 5.82 Å². The van der Waals surface area contributed by atoms with Crippen molar-refractivity contribution >= 4 is 21.7 Å². The third-order valence-corrected chi connectivity index (χ3v) is 3.62. The van der Waals surface area contributed by atoms with E-state index in [1.807, 2.05) is 24.3 Å². The molecule has 20 heavy (non-hydrogen) atoms. The molecule has 0 amide bonds. The molecule has 1 fully saturated rings. The van der Waals surface area contributed by atoms with E-state index in [1.54, 1.807) is 12.4 Å². The number of hydrogen-bond acceptors (Lipinski definition) is 5. The molecule has 0 aliphatic carbocycles. The SMILES string of the molecule is Brc1ccc(Oc2nccnc2N2CCNCC2)cc1. The van der Waals surface area contributed by atoms with E-state index in [9.17, 15) is 0 Å². The van der Waals surface area contributed by atoms with Gasteiger partial charge in [-0.05, 0) is 24.3 Å². The molecule has 0 radical (unpaired) electrons. The van der Waals surface area contributed by atoms with Crippen LogP contribution in [-0.2, 0) is 0 Å². The summed E-state index contributed by atoms with van der Waals surface area (Å²) in [5.74, 6) is 2.11. The van der Waals surface area contributed by atoms with Gasteiger partial charge in [0, 0.05) is 43.0 Å². The maximum Gasteiger partial charge on any atom is 0.263 e. The summed E-state index contributed by atoms with van der Waals surface area (Å²) in [5, 5.41) is 3.32. The summed E-state index contributed by atoms with van der Waals surface area (Å²) in [6, 6.07) is 7.69. The number of halogens is 1. The largest absolute Gasteiger partial charge is 0.436 e. The molecule has 0 unspecified atom stereocenters. The number of benzene rings is 1. The van der Waals surface area contributed by atoms with Crippen molar-refractivity contribution in [3.8, 4) is 11.6 Å². The van der Waals surface area contributed by atoms with E-state index in [1.165, 1.54) is 0 Å². The molecule has 1 saturated heterocycles. The Morgan fingerprint density at radius 3 is 2.50 bits per heavy atom. The standard InChI is InChI=1S/C14H15BrN4O/c15-11-1-3-12(4-2-11)20-14-13(17-5-6-18-14)19-9-7-16-8-10-19/h1-6,16H,7-10H2. The molecule has 0 spiro atoms. The van der Waals surface area contributed by atoms with Gasteiger partial charge in [-0.3, -0.25) is 0 Å². The first-order valence-corrected chi connectivity index (χ1v) is 7.32. The predicted molar refractivity (Wildman–Crippen MR) is 81.3 cm³/mol. The van der Waals surface area contributed by atoms with Gasteiger partial charge in [-0.15, -0.1) is 0 Å². The van der Waals surface area contributed by atoms with E-state index < -0.39 is 0 Å². The van der Waals surface area contributed by atoms with Gasteiger partial charge in [0.15, 0.2) is 5.82 Å². The van der Waals surface area contributed by atoms with Gasteiger partial charge >= 0.3 is 0 Å². The van der Waals surface area contributed by atoms with E-state index in [0.717, 1.165) is 42.2 Å². The van der Waals surface area contributed by atoms with Gasteiger partial charge in [0.05, 0.1) is 0 Å². The average molecular weight is 335 g/mol. The maximum atomic E-state index is 5.86. The highest BCUT2D eigenvalue weighted by Crippen LogP contribution is 2.28. The van der Waals surface area contributed by atoms with Crippen LogP contribution in [0.3, 0.4) is 0 Å². The highest BCUT2D eigenvalue weighted by Gasteiger charge is 2.17. The zero-order valence-corrected chi connectivity index (χ0v) is 12.5. The number of rotatable bonds is 3. The van der Waals surface area contributed by atoms with Crippen molar-refractivity contribution in [2.75, 3.05) is 31.1 Å². The Bertz CT molecular complexity index is 570. The molecule has 1 aromatic carbocycles. The maximum absolute atomic E-state index is 5.86. The summed E-state index contributed by atoms with van der Waals surface area (Å²) < 4.78 is 6.88. The minimum Gasteiger partial charge on any atom is -0.436 e. The van der Waals surface area contributed by atoms with Crippen LogP contribution in [-0.4, -0.2) is 36.1 Å². The van der Waals surface area contributed by atoms with Gasteiger partial charge in [-0.1, -0.05) is 15.9 Å². The molecule has 6 heteroatoms. The molecular weight excluding hydrogens is 320 g/mol. The van der Waals surface area contributed by atoms with Crippen LogP contribution in [0.5, 0.6) is 11.6 Å². The predicted octanol–water partition coefficient (Wildman–Crippen LogP) is 2.44. The highest BCUT2D eigenvalue weighted by atomic mass is 79.9. The first kappa shape index (κ1) is 13.3. The third-order valence-electron chi connectivity index (χ3n) is 3.09. The first-order valence-electron chi connectivity index (χ1n) is 6.53. The third kappa shape index (κ3) is 3.08. The van der Waals surface area contributed by atoms with E-state index in [-0.39, 0.29) is 0 Å². The Morgan fingerprint density at radius 1 is 1.05 bits per heavy atom. The second-order valence-electron chi connectivity index (χ2n) is 4.48. The highest BCUT2D eigenvalue weighted by molar-refractivity contribution is 9.10. The molecule has 5 nitrogen and oxygen atoms in total. The molecule has 2 heterocycles. The van der Waals surface area contributed by atoms with Crippen molar-refractivity contribution in [2.24, 2.45) is 0 Å². The van der Waals surface area contributed by atoms with Gasteiger partial charge < -0.3 is 15.0 Å². The molecule has 1 aliphatic rings. The monoisotopic (exact) mass is 334 g/mol. The minimum absolute atomic E-state index is 0.553. The van der Waals surface area contributed by atoms with E-state index in [2.05, 4.69) is 36.1 Å². The van der Waals surface area contributed by atoms with Crippen LogP contribution in [0.1, 0.15) is 0 Å². The van der Waals surface area contributed by atoms with E-state index in [0.29, 0.717) is 5.88 Å². The number of anilines is 1. The Hall–Kier alpha value is -1.66. The fourth-order valence-corrected chi connectivity index (χ4v) is 2.36. The van der Waals surface area contributed by atoms with Crippen molar-refractivity contribution in [3.63, 3.8) is 0 Å². The van der Waals surface area contributed by atoms with Crippen molar-refractivity contribution in [3.05, 3.63) is 41.1 Å². The van der Waals surface area contributed by atoms with Crippen LogP contribution in [0.25, 0.3) is 0 Å². The Kier molecular flexibility index (Phi) is 4.13. The van der Waals surface area contributed by atoms with E-state index >= 15 is 0 Å². The van der Waals surface area contributed by atoms with Crippen LogP contribution in [0.2, 0.25) is 0 Å². The molecule has 0 saturated carbocycles. The molecule has 104 valence electrons. The lowest BCUT2D eigenvalue weighted by Crippen LogP contribution is -2.44. The summed E-state index contributed by atoms with van der Waals surface area (Å²) in [6.45, 7) is 3.73. The summed E-state index contributed by atoms with van der Waals surface area (Å²) in [6.07, 6.45) is 3.35. The molecule has 0 atom stereocenters. The fourth-order valence-electron chi connectivity index (χ4n) is 2.10. The quantitative estimate of drug-likeness (QED) is 0.934. The van der Waals surface area contributed by atoms with Crippen molar-refractivity contribution in [1.82, 2.24) is 15.3 Å². The molecule has 1 aromatic heterocycles. The normalized spacial score (nSPS) is 15.2. The lowest BCUT2D eigenvalue weighted by Gasteiger charge is -2.28. The summed E-state index contributed by atoms with van der Waals surface area (Å²) in [5.41, 5.74) is 0. The topological polar surface area (TPSA) is 50.3 Å². The Morgan fingerprint density at radius 2 is 1.75 bits per heavy atom. The molecular formula is C14H15BrN4O. The number of nitrogens with one attached hydrogen (secondary N) is 1. The molecule has 1 aliphatic heterocycles. The van der Waals surface area contributed by atoms with Crippen molar-refractivity contribution in [2.45, 2.75) is 0 Å². The Balaban J connectivity index is 1.83. The number of piperazine rings is 1. The van der Waals surface area contributed by atoms with Gasteiger partial charge in [0.25, 0.3) is 5.88 Å². The average Bonchev–Trinajstić information content (AvgIpc) is 2.51. The Labute approximate surface area is 126 Å². The van der Waals surface area contributed by atoms with Crippen LogP contribution in [0.15, 0.2) is 41.1 Å². The van der Waals surface area contributed by atoms with Crippen molar-refractivity contribution < 1.29 is 4.74 Å². The first-order chi connectivity index (χ1) is 9.83. The van der Waals surface area contributed by atoms with Gasteiger partial charge in [0.2, 0.25) is 0 Å². The zero-order chi connectivity index (χ0) is 13.8. The lowest BCUT2D eigenvalue weighted by atomic mass is 10.3. The number of hydrogen-bond donors (Lipinski definition) is 1. The smallest absolute Gasteiger partial charge is 0.263 e. The fraction of sp³-hybridized carbons (Fsp3) is 0.286. The second-order valence-corrected chi connectivity index (χ2v) is 5.39. The summed E-state index contributed by atoms with van der Waals surface area (Å²) in [7, 11) is 0. The van der Waals surface area contributed by atoms with Crippen LogP contribution in [0, 0.1) is 0 Å². The van der Waals surface area contributed by atoms with Crippen molar-refractivity contribution in [1.29, 1.82) is 0 Å². The summed E-state index contributed by atoms with van der Waals surface area (Å²) >= 11 is 3.41. The van der Waals surface area contributed by atoms with E-state index in [4.69, 9.17) is 4.74 Å². The van der Waals surface area contributed by atoms with Crippen LogP contribution < -0.4 is 15.0 Å². The minimum atomic E-state index is 0.553. The van der Waals surface area contributed by atoms with Gasteiger partial charge in [0.1, 0.15) is 5.75 Å². The van der Waals surface area contributed by atoms with Gasteiger partial charge in [-0.25, -0.2) is 9.97 Å². The molecule has 3 rings (SSSR count). The summed E-state index contributed by atoms with van der Waals surface area (Å²) in [4.78, 5) is 10.9. The molecule has 1 N–H and O–H groups in total. The second kappa shape index (κ2) is 6.19. The van der Waals surface area contributed by atoms with Crippen LogP contribution >= 0.6 is 15.9 Å².